The van der Waals surface area contributed by atoms with Gasteiger partial charge >= 0.3 is 0 Å². The first-order chi connectivity index (χ1) is 4.68. The highest BCUT2D eigenvalue weighted by Crippen LogP contribution is 2.12. The summed E-state index contributed by atoms with van der Waals surface area (Å²) in [7, 11) is 0. The van der Waals surface area contributed by atoms with E-state index in [2.05, 4.69) is 0 Å². The lowest BCUT2D eigenvalue weighted by atomic mass is 9.95. The van der Waals surface area contributed by atoms with Crippen LogP contribution in [0.5, 0.6) is 0 Å². The summed E-state index contributed by atoms with van der Waals surface area (Å²) >= 11 is 0. The van der Waals surface area contributed by atoms with Crippen molar-refractivity contribution >= 4 is 0 Å². The van der Waals surface area contributed by atoms with E-state index in [1.54, 1.807) is 0 Å². The average molecular weight is 161 g/mol. The van der Waals surface area contributed by atoms with Gasteiger partial charge in [0.1, 0.15) is 0 Å². The number of rotatable bonds is 1. The van der Waals surface area contributed by atoms with E-state index in [0.717, 1.165) is 0 Å². The van der Waals surface area contributed by atoms with Gasteiger partial charge < -0.3 is 10.8 Å². The summed E-state index contributed by atoms with van der Waals surface area (Å²) in [5.41, 5.74) is 4.61. The molecule has 2 nitrogen and oxygen atoms in total. The van der Waals surface area contributed by atoms with Crippen molar-refractivity contribution in [1.29, 1.82) is 0 Å². The van der Waals surface area contributed by atoms with Crippen LogP contribution in [0.3, 0.4) is 0 Å². The SMILES string of the molecule is CC(C)C(C)(C)O.CC(C)N. The standard InChI is InChI=1S/C6H14O.C3H9N/c1-5(2)6(3,4)7;1-3(2)4/h5,7H,1-4H3;3H,4H2,1-2H3. The molecule has 0 saturated heterocycles. The summed E-state index contributed by atoms with van der Waals surface area (Å²) in [5.74, 6) is 0.354. The third-order valence-electron chi connectivity index (χ3n) is 1.41. The lowest BCUT2D eigenvalue weighted by Gasteiger charge is -2.21. The Labute approximate surface area is 70.8 Å². The molecule has 2 heteroatoms. The molecule has 0 radical (unpaired) electrons. The molecule has 0 unspecified atom stereocenters. The van der Waals surface area contributed by atoms with E-state index in [1.807, 2.05) is 41.5 Å². The molecule has 0 rings (SSSR count). The van der Waals surface area contributed by atoms with E-state index in [-0.39, 0.29) is 0 Å². The quantitative estimate of drug-likeness (QED) is 0.615. The van der Waals surface area contributed by atoms with Crippen LogP contribution in [0.15, 0.2) is 0 Å². The van der Waals surface area contributed by atoms with Crippen molar-refractivity contribution in [2.45, 2.75) is 53.2 Å². The summed E-state index contributed by atoms with van der Waals surface area (Å²) in [5, 5.41) is 9.09. The van der Waals surface area contributed by atoms with Gasteiger partial charge in [0.25, 0.3) is 0 Å². The molecule has 0 heterocycles. The summed E-state index contributed by atoms with van der Waals surface area (Å²) < 4.78 is 0. The molecule has 0 aliphatic carbocycles. The van der Waals surface area contributed by atoms with E-state index >= 15 is 0 Å². The van der Waals surface area contributed by atoms with Crippen LogP contribution < -0.4 is 5.73 Å². The molecule has 0 amide bonds. The van der Waals surface area contributed by atoms with Crippen LogP contribution in [0.1, 0.15) is 41.5 Å². The zero-order valence-electron chi connectivity index (χ0n) is 8.68. The fourth-order valence-electron chi connectivity index (χ4n) is 0. The van der Waals surface area contributed by atoms with Crippen molar-refractivity contribution in [3.63, 3.8) is 0 Å². The van der Waals surface area contributed by atoms with Gasteiger partial charge in [-0.2, -0.15) is 0 Å². The molecular formula is C9H23NO. The molecule has 0 aliphatic rings. The maximum atomic E-state index is 9.09. The fraction of sp³-hybridized carbons (Fsp3) is 1.00. The highest BCUT2D eigenvalue weighted by Gasteiger charge is 2.16. The topological polar surface area (TPSA) is 46.2 Å². The van der Waals surface area contributed by atoms with Crippen LogP contribution in [0.2, 0.25) is 0 Å². The van der Waals surface area contributed by atoms with Crippen LogP contribution in [0, 0.1) is 5.92 Å². The van der Waals surface area contributed by atoms with Crippen LogP contribution in [-0.4, -0.2) is 16.7 Å². The second kappa shape index (κ2) is 5.56. The minimum absolute atomic E-state index is 0.333. The Balaban J connectivity index is 0. The normalized spacial score (nSPS) is 11.5. The third-order valence-corrected chi connectivity index (χ3v) is 1.41. The van der Waals surface area contributed by atoms with Gasteiger partial charge in [-0.05, 0) is 25.8 Å². The van der Waals surface area contributed by atoms with Crippen molar-refractivity contribution < 1.29 is 5.11 Å². The average Bonchev–Trinajstić information content (AvgIpc) is 1.59. The number of hydrogen-bond donors (Lipinski definition) is 2. The van der Waals surface area contributed by atoms with Crippen molar-refractivity contribution in [2.75, 3.05) is 0 Å². The van der Waals surface area contributed by atoms with Crippen molar-refractivity contribution in [1.82, 2.24) is 0 Å². The molecule has 3 N–H and O–H groups in total. The lowest BCUT2D eigenvalue weighted by Crippen LogP contribution is -2.25. The molecule has 0 saturated carbocycles. The first kappa shape index (κ1) is 13.5. The Hall–Kier alpha value is -0.0800. The number of aliphatic hydroxyl groups is 1. The third kappa shape index (κ3) is 17.8. The minimum atomic E-state index is -0.500. The smallest absolute Gasteiger partial charge is 0.0614 e. The van der Waals surface area contributed by atoms with Gasteiger partial charge in [-0.15, -0.1) is 0 Å². The summed E-state index contributed by atoms with van der Waals surface area (Å²) in [6.07, 6.45) is 0. The molecule has 0 bridgehead atoms. The van der Waals surface area contributed by atoms with Crippen molar-refractivity contribution in [3.05, 3.63) is 0 Å². The van der Waals surface area contributed by atoms with Crippen molar-refractivity contribution in [2.24, 2.45) is 11.7 Å². The molecule has 0 atom stereocenters. The molecular weight excluding hydrogens is 138 g/mol. The molecule has 70 valence electrons. The van der Waals surface area contributed by atoms with Gasteiger partial charge in [0.15, 0.2) is 0 Å². The Morgan fingerprint density at radius 1 is 1.09 bits per heavy atom. The largest absolute Gasteiger partial charge is 0.390 e. The first-order valence-electron chi connectivity index (χ1n) is 4.16. The van der Waals surface area contributed by atoms with Gasteiger partial charge in [0.05, 0.1) is 5.60 Å². The summed E-state index contributed by atoms with van der Waals surface area (Å²) in [4.78, 5) is 0. The zero-order chi connectivity index (χ0) is 9.65. The van der Waals surface area contributed by atoms with Crippen LogP contribution in [0.25, 0.3) is 0 Å². The second-order valence-corrected chi connectivity index (χ2v) is 4.05. The highest BCUT2D eigenvalue weighted by atomic mass is 16.3. The minimum Gasteiger partial charge on any atom is -0.390 e. The number of nitrogens with two attached hydrogens (primary N) is 1. The van der Waals surface area contributed by atoms with Crippen LogP contribution in [0.4, 0.5) is 0 Å². The van der Waals surface area contributed by atoms with Gasteiger partial charge in [-0.25, -0.2) is 0 Å². The maximum absolute atomic E-state index is 9.09. The van der Waals surface area contributed by atoms with Gasteiger partial charge in [0.2, 0.25) is 0 Å². The van der Waals surface area contributed by atoms with Gasteiger partial charge in [-0.3, -0.25) is 0 Å². The Kier molecular flexibility index (Phi) is 6.82. The van der Waals surface area contributed by atoms with E-state index in [0.29, 0.717) is 12.0 Å². The Bertz CT molecular complexity index is 79.3. The zero-order valence-corrected chi connectivity index (χ0v) is 8.68. The summed E-state index contributed by atoms with van der Waals surface area (Å²) in [6.45, 7) is 11.5. The molecule has 0 aliphatic heterocycles. The molecule has 0 aromatic carbocycles. The first-order valence-corrected chi connectivity index (χ1v) is 4.16. The van der Waals surface area contributed by atoms with Gasteiger partial charge in [0, 0.05) is 0 Å². The molecule has 0 aromatic rings. The maximum Gasteiger partial charge on any atom is 0.0614 e. The molecule has 0 fully saturated rings. The van der Waals surface area contributed by atoms with Crippen LogP contribution >= 0.6 is 0 Å². The summed E-state index contributed by atoms with van der Waals surface area (Å²) in [6, 6.07) is 0.333. The van der Waals surface area contributed by atoms with E-state index in [1.165, 1.54) is 0 Å². The number of hydrogen-bond acceptors (Lipinski definition) is 2. The van der Waals surface area contributed by atoms with E-state index in [4.69, 9.17) is 10.8 Å². The molecule has 0 aromatic heterocycles. The Morgan fingerprint density at radius 3 is 1.18 bits per heavy atom. The Morgan fingerprint density at radius 2 is 1.18 bits per heavy atom. The van der Waals surface area contributed by atoms with Gasteiger partial charge in [-0.1, -0.05) is 27.7 Å². The highest BCUT2D eigenvalue weighted by molar-refractivity contribution is 4.67. The fourth-order valence-corrected chi connectivity index (χ4v) is 0. The predicted octanol–water partition coefficient (Wildman–Crippen LogP) is 1.77. The monoisotopic (exact) mass is 161 g/mol. The van der Waals surface area contributed by atoms with Crippen molar-refractivity contribution in [3.8, 4) is 0 Å². The second-order valence-electron chi connectivity index (χ2n) is 4.05. The predicted molar refractivity (Wildman–Crippen MR) is 50.5 cm³/mol. The molecule has 11 heavy (non-hydrogen) atoms. The molecule has 0 spiro atoms. The van der Waals surface area contributed by atoms with Crippen LogP contribution in [-0.2, 0) is 0 Å². The lowest BCUT2D eigenvalue weighted by molar-refractivity contribution is 0.0327. The van der Waals surface area contributed by atoms with E-state index in [9.17, 15) is 0 Å². The van der Waals surface area contributed by atoms with E-state index < -0.39 is 5.60 Å².